The molecule has 2 aromatic rings. The number of hydrogen-bond donors (Lipinski definition) is 3. The molecule has 4 N–H and O–H groups in total. The Bertz CT molecular complexity index is 793. The number of benzene rings is 1. The van der Waals surface area contributed by atoms with Crippen LogP contribution in [0.15, 0.2) is 4.90 Å². The second kappa shape index (κ2) is 5.83. The summed E-state index contributed by atoms with van der Waals surface area (Å²) in [4.78, 5) is 22.8. The highest BCUT2D eigenvalue weighted by molar-refractivity contribution is 8.03. The van der Waals surface area contributed by atoms with Gasteiger partial charge in [0.05, 0.1) is 4.70 Å². The Morgan fingerprint density at radius 2 is 2.14 bits per heavy atom. The molecule has 0 spiro atoms. The summed E-state index contributed by atoms with van der Waals surface area (Å²) in [6, 6.07) is 0. The summed E-state index contributed by atoms with van der Waals surface area (Å²) in [7, 11) is -4.31. The molecule has 0 atom stereocenters. The van der Waals surface area contributed by atoms with Crippen LogP contribution in [0.2, 0.25) is 0 Å². The SMILES string of the molecule is Cc1c(SC#N)c(C)c2sc(N)nc2c1OCP(=O)(O)O. The Hall–Kier alpha value is -1.30. The Morgan fingerprint density at radius 1 is 1.48 bits per heavy atom. The quantitative estimate of drug-likeness (QED) is 0.438. The third-order valence-electron chi connectivity index (χ3n) is 2.75. The van der Waals surface area contributed by atoms with Gasteiger partial charge in [0, 0.05) is 10.5 Å². The standard InChI is InChI=1S/C11H12N3O4PS2/c1-5-8(18-4-19(15,16)17)7-10(21-11(13)14-7)6(2)9(5)20-3-12/h4H2,1-2H3,(H2,13,14)(H2,15,16,17). The van der Waals surface area contributed by atoms with Crippen LogP contribution < -0.4 is 10.5 Å². The van der Waals surface area contributed by atoms with E-state index in [0.29, 0.717) is 21.1 Å². The Kier molecular flexibility index (Phi) is 4.46. The van der Waals surface area contributed by atoms with Crippen molar-refractivity contribution in [2.75, 3.05) is 12.1 Å². The van der Waals surface area contributed by atoms with Crippen LogP contribution in [0.25, 0.3) is 10.2 Å². The Morgan fingerprint density at radius 3 is 2.71 bits per heavy atom. The smallest absolute Gasteiger partial charge is 0.362 e. The number of nitrogen functional groups attached to an aromatic ring is 1. The molecule has 0 saturated carbocycles. The van der Waals surface area contributed by atoms with Gasteiger partial charge in [-0.15, -0.1) is 0 Å². The molecule has 21 heavy (non-hydrogen) atoms. The normalized spacial score (nSPS) is 11.6. The van der Waals surface area contributed by atoms with Crippen molar-refractivity contribution in [3.8, 4) is 11.2 Å². The summed E-state index contributed by atoms with van der Waals surface area (Å²) in [5, 5.41) is 11.2. The molecule has 2 rings (SSSR count). The van der Waals surface area contributed by atoms with E-state index in [4.69, 9.17) is 25.5 Å². The predicted octanol–water partition coefficient (Wildman–Crippen LogP) is 2.58. The van der Waals surface area contributed by atoms with Crippen LogP contribution in [0.1, 0.15) is 11.1 Å². The Balaban J connectivity index is 2.66. The van der Waals surface area contributed by atoms with E-state index in [1.54, 1.807) is 6.92 Å². The fourth-order valence-electron chi connectivity index (χ4n) is 1.93. The maximum Gasteiger partial charge on any atom is 0.362 e. The summed E-state index contributed by atoms with van der Waals surface area (Å²) in [5.41, 5.74) is 7.64. The van der Waals surface area contributed by atoms with E-state index in [-0.39, 0.29) is 5.75 Å². The lowest BCUT2D eigenvalue weighted by Crippen LogP contribution is -2.02. The molecule has 0 bridgehead atoms. The molecule has 1 heterocycles. The van der Waals surface area contributed by atoms with Gasteiger partial charge in [-0.05, 0) is 31.2 Å². The largest absolute Gasteiger partial charge is 0.478 e. The minimum absolute atomic E-state index is 0.254. The van der Waals surface area contributed by atoms with Crippen LogP contribution in [-0.2, 0) is 4.57 Å². The van der Waals surface area contributed by atoms with Gasteiger partial charge >= 0.3 is 7.60 Å². The van der Waals surface area contributed by atoms with Gasteiger partial charge in [0.2, 0.25) is 0 Å². The molecule has 0 fully saturated rings. The van der Waals surface area contributed by atoms with Gasteiger partial charge < -0.3 is 20.3 Å². The molecule has 0 saturated heterocycles. The van der Waals surface area contributed by atoms with Crippen LogP contribution >= 0.6 is 30.7 Å². The third kappa shape index (κ3) is 3.31. The fraction of sp³-hybridized carbons (Fsp3) is 0.273. The number of nitriles is 1. The Labute approximate surface area is 128 Å². The van der Waals surface area contributed by atoms with E-state index in [0.717, 1.165) is 22.0 Å². The molecular weight excluding hydrogens is 333 g/mol. The first-order valence-corrected chi connectivity index (χ1v) is 9.10. The number of fused-ring (bicyclic) bond motifs is 1. The number of nitrogens with two attached hydrogens (primary N) is 1. The van der Waals surface area contributed by atoms with Gasteiger partial charge in [-0.2, -0.15) is 5.26 Å². The summed E-state index contributed by atoms with van der Waals surface area (Å²) >= 11 is 2.21. The molecule has 0 unspecified atom stereocenters. The zero-order chi connectivity index (χ0) is 15.8. The van der Waals surface area contributed by atoms with Gasteiger partial charge in [-0.25, -0.2) is 4.98 Å². The summed E-state index contributed by atoms with van der Waals surface area (Å²) in [5.74, 6) is 0.254. The zero-order valence-electron chi connectivity index (χ0n) is 11.2. The highest BCUT2D eigenvalue weighted by atomic mass is 32.2. The second-order valence-corrected chi connectivity index (χ2v) is 7.68. The molecule has 1 aromatic carbocycles. The van der Waals surface area contributed by atoms with Gasteiger partial charge in [0.1, 0.15) is 10.9 Å². The summed E-state index contributed by atoms with van der Waals surface area (Å²) in [6.45, 7) is 3.57. The zero-order valence-corrected chi connectivity index (χ0v) is 13.7. The van der Waals surface area contributed by atoms with Crippen LogP contribution in [0, 0.1) is 24.5 Å². The topological polar surface area (TPSA) is 129 Å². The first kappa shape index (κ1) is 16.1. The van der Waals surface area contributed by atoms with Crippen molar-refractivity contribution in [1.82, 2.24) is 4.98 Å². The highest BCUT2D eigenvalue weighted by Crippen LogP contribution is 2.44. The van der Waals surface area contributed by atoms with Gasteiger partial charge in [0.25, 0.3) is 0 Å². The number of thiazole rings is 1. The molecular formula is C11H12N3O4PS2. The van der Waals surface area contributed by atoms with Gasteiger partial charge in [-0.1, -0.05) is 11.3 Å². The van der Waals surface area contributed by atoms with E-state index in [9.17, 15) is 4.57 Å². The number of anilines is 1. The number of thiocyanates is 1. The lowest BCUT2D eigenvalue weighted by atomic mass is 10.1. The number of aryl methyl sites for hydroxylation is 1. The van der Waals surface area contributed by atoms with Crippen molar-refractivity contribution in [2.45, 2.75) is 18.7 Å². The molecule has 0 aliphatic heterocycles. The van der Waals surface area contributed by atoms with E-state index in [1.807, 2.05) is 12.3 Å². The van der Waals surface area contributed by atoms with Gasteiger partial charge in [-0.3, -0.25) is 4.57 Å². The maximum absolute atomic E-state index is 11.0. The molecule has 0 radical (unpaired) electrons. The average Bonchev–Trinajstić information content (AvgIpc) is 2.75. The second-order valence-electron chi connectivity index (χ2n) is 4.27. The molecule has 1 aromatic heterocycles. The minimum Gasteiger partial charge on any atom is -0.478 e. The van der Waals surface area contributed by atoms with E-state index < -0.39 is 13.9 Å². The number of nitrogens with zero attached hydrogens (tertiary/aromatic N) is 2. The van der Waals surface area contributed by atoms with Crippen molar-refractivity contribution in [3.05, 3.63) is 11.1 Å². The predicted molar refractivity (Wildman–Crippen MR) is 82.5 cm³/mol. The number of aromatic nitrogens is 1. The first-order valence-electron chi connectivity index (χ1n) is 5.67. The van der Waals surface area contributed by atoms with Crippen LogP contribution in [0.3, 0.4) is 0 Å². The number of rotatable bonds is 4. The van der Waals surface area contributed by atoms with Gasteiger partial charge in [0.15, 0.2) is 17.2 Å². The molecule has 7 nitrogen and oxygen atoms in total. The summed E-state index contributed by atoms with van der Waals surface area (Å²) < 4.78 is 17.0. The molecule has 0 aliphatic rings. The average molecular weight is 345 g/mol. The van der Waals surface area contributed by atoms with Crippen molar-refractivity contribution < 1.29 is 19.1 Å². The molecule has 0 aliphatic carbocycles. The fourth-order valence-corrected chi connectivity index (χ4v) is 3.72. The molecule has 0 amide bonds. The van der Waals surface area contributed by atoms with Crippen molar-refractivity contribution in [2.24, 2.45) is 0 Å². The van der Waals surface area contributed by atoms with Crippen LogP contribution in [0.4, 0.5) is 5.13 Å². The number of hydrogen-bond acceptors (Lipinski definition) is 7. The van der Waals surface area contributed by atoms with E-state index in [1.165, 1.54) is 11.3 Å². The van der Waals surface area contributed by atoms with Crippen LogP contribution in [0.5, 0.6) is 5.75 Å². The number of thioether (sulfide) groups is 1. The minimum atomic E-state index is -4.31. The highest BCUT2D eigenvalue weighted by Gasteiger charge is 2.22. The molecule has 10 heteroatoms. The summed E-state index contributed by atoms with van der Waals surface area (Å²) in [6.07, 6.45) is -0.750. The lowest BCUT2D eigenvalue weighted by Gasteiger charge is -2.14. The van der Waals surface area contributed by atoms with E-state index in [2.05, 4.69) is 4.98 Å². The third-order valence-corrected chi connectivity index (χ3v) is 5.12. The first-order chi connectivity index (χ1) is 9.74. The maximum atomic E-state index is 11.0. The van der Waals surface area contributed by atoms with Crippen molar-refractivity contribution in [3.63, 3.8) is 0 Å². The monoisotopic (exact) mass is 345 g/mol. The van der Waals surface area contributed by atoms with Crippen LogP contribution in [-0.4, -0.2) is 21.1 Å². The van der Waals surface area contributed by atoms with Crippen molar-refractivity contribution in [1.29, 1.82) is 5.26 Å². The lowest BCUT2D eigenvalue weighted by molar-refractivity contribution is 0.301. The van der Waals surface area contributed by atoms with E-state index >= 15 is 0 Å². The van der Waals surface area contributed by atoms with Crippen molar-refractivity contribution >= 4 is 46.0 Å². The number of ether oxygens (including phenoxy) is 1. The molecule has 112 valence electrons.